The minimum Gasteiger partial charge on any atom is -0.497 e. The summed E-state index contributed by atoms with van der Waals surface area (Å²) in [5.41, 5.74) is 2.22. The second-order valence-corrected chi connectivity index (χ2v) is 10.3. The molecule has 0 unspecified atom stereocenters. The van der Waals surface area contributed by atoms with Crippen molar-refractivity contribution in [2.75, 3.05) is 17.1 Å². The lowest BCUT2D eigenvalue weighted by Gasteiger charge is -2.11. The van der Waals surface area contributed by atoms with Crippen LogP contribution in [0.1, 0.15) is 15.9 Å². The number of aryl methyl sites for hydroxylation is 1. The molecule has 4 rings (SSSR count). The third-order valence-corrected chi connectivity index (χ3v) is 7.49. The van der Waals surface area contributed by atoms with Gasteiger partial charge in [-0.1, -0.05) is 35.1 Å². The zero-order valence-corrected chi connectivity index (χ0v) is 20.5. The fraction of sp³-hybridized carbons (Fsp3) is 0.0870. The summed E-state index contributed by atoms with van der Waals surface area (Å²) in [6.45, 7) is 1.85. The average Bonchev–Trinajstić information content (AvgIpc) is 3.27. The molecular weight excluding hydrogens is 496 g/mol. The van der Waals surface area contributed by atoms with E-state index in [1.165, 1.54) is 29.5 Å². The first-order valence-electron chi connectivity index (χ1n) is 9.93. The molecular formula is C23H19ClN4O4S2. The van der Waals surface area contributed by atoms with Gasteiger partial charge in [-0.3, -0.25) is 14.8 Å². The molecule has 11 heteroatoms. The molecule has 1 heterocycles. The van der Waals surface area contributed by atoms with Crippen LogP contribution in [0, 0.1) is 6.92 Å². The standard InChI is InChI=1S/C23H19ClN4O4S2/c1-14-4-3-5-17(12-14)28-34(30,31)20-13-16(8-11-19(20)24)21(29)25-23-27-26-22(33-23)15-6-9-18(32-2)10-7-15/h3-13,28H,1-2H3,(H,25,27,29). The Morgan fingerprint density at radius 3 is 2.50 bits per heavy atom. The fourth-order valence-electron chi connectivity index (χ4n) is 3.06. The lowest BCUT2D eigenvalue weighted by atomic mass is 10.2. The van der Waals surface area contributed by atoms with Gasteiger partial charge in [0.2, 0.25) is 5.13 Å². The number of amides is 1. The van der Waals surface area contributed by atoms with Gasteiger partial charge in [-0.25, -0.2) is 8.42 Å². The number of hydrogen-bond donors (Lipinski definition) is 2. The van der Waals surface area contributed by atoms with E-state index in [1.54, 1.807) is 37.4 Å². The average molecular weight is 515 g/mol. The Morgan fingerprint density at radius 2 is 1.79 bits per heavy atom. The Hall–Kier alpha value is -3.47. The Bertz CT molecular complexity index is 1450. The highest BCUT2D eigenvalue weighted by Crippen LogP contribution is 2.29. The molecule has 0 aliphatic carbocycles. The summed E-state index contributed by atoms with van der Waals surface area (Å²) in [6.07, 6.45) is 0. The van der Waals surface area contributed by atoms with Crippen LogP contribution in [0.3, 0.4) is 0 Å². The molecule has 3 aromatic carbocycles. The van der Waals surface area contributed by atoms with Gasteiger partial charge in [0.05, 0.1) is 12.1 Å². The van der Waals surface area contributed by atoms with E-state index in [0.717, 1.165) is 11.1 Å². The second kappa shape index (κ2) is 9.80. The minimum absolute atomic E-state index is 0.00518. The number of sulfonamides is 1. The predicted molar refractivity (Wildman–Crippen MR) is 133 cm³/mol. The Kier molecular flexibility index (Phi) is 6.82. The highest BCUT2D eigenvalue weighted by molar-refractivity contribution is 7.92. The largest absolute Gasteiger partial charge is 0.497 e. The first-order valence-corrected chi connectivity index (χ1v) is 12.6. The van der Waals surface area contributed by atoms with Crippen LogP contribution >= 0.6 is 22.9 Å². The van der Waals surface area contributed by atoms with Gasteiger partial charge in [0, 0.05) is 16.8 Å². The van der Waals surface area contributed by atoms with E-state index in [2.05, 4.69) is 20.2 Å². The highest BCUT2D eigenvalue weighted by Gasteiger charge is 2.21. The van der Waals surface area contributed by atoms with Crippen molar-refractivity contribution in [3.63, 3.8) is 0 Å². The molecule has 0 atom stereocenters. The van der Waals surface area contributed by atoms with E-state index in [1.807, 2.05) is 25.1 Å². The first kappa shape index (κ1) is 23.7. The van der Waals surface area contributed by atoms with Crippen LogP contribution in [-0.2, 0) is 10.0 Å². The van der Waals surface area contributed by atoms with Crippen LogP contribution in [0.5, 0.6) is 5.75 Å². The molecule has 0 aliphatic rings. The molecule has 1 aromatic heterocycles. The topological polar surface area (TPSA) is 110 Å². The summed E-state index contributed by atoms with van der Waals surface area (Å²) in [5.74, 6) is 0.174. The molecule has 0 saturated carbocycles. The van der Waals surface area contributed by atoms with Crippen molar-refractivity contribution in [3.05, 3.63) is 82.9 Å². The summed E-state index contributed by atoms with van der Waals surface area (Å²) >= 11 is 7.34. The van der Waals surface area contributed by atoms with Gasteiger partial charge in [0.1, 0.15) is 15.7 Å². The molecule has 0 bridgehead atoms. The number of carbonyl (C=O) groups is 1. The molecule has 0 fully saturated rings. The lowest BCUT2D eigenvalue weighted by molar-refractivity contribution is 0.102. The van der Waals surface area contributed by atoms with Crippen molar-refractivity contribution in [3.8, 4) is 16.3 Å². The van der Waals surface area contributed by atoms with Crippen molar-refractivity contribution >= 4 is 49.7 Å². The smallest absolute Gasteiger partial charge is 0.263 e. The Morgan fingerprint density at radius 1 is 1.03 bits per heavy atom. The van der Waals surface area contributed by atoms with Gasteiger partial charge in [-0.2, -0.15) is 0 Å². The molecule has 1 amide bonds. The number of anilines is 2. The third-order valence-electron chi connectivity index (χ3n) is 4.74. The van der Waals surface area contributed by atoms with E-state index in [9.17, 15) is 13.2 Å². The third kappa shape index (κ3) is 5.36. The Balaban J connectivity index is 1.53. The van der Waals surface area contributed by atoms with Crippen LogP contribution in [0.25, 0.3) is 10.6 Å². The molecule has 0 spiro atoms. The second-order valence-electron chi connectivity index (χ2n) is 7.22. The maximum absolute atomic E-state index is 12.9. The molecule has 174 valence electrons. The summed E-state index contributed by atoms with van der Waals surface area (Å²) in [6, 6.07) is 18.2. The number of nitrogens with one attached hydrogen (secondary N) is 2. The number of rotatable bonds is 7. The van der Waals surface area contributed by atoms with E-state index < -0.39 is 15.9 Å². The summed E-state index contributed by atoms with van der Waals surface area (Å²) < 4.78 is 33.5. The van der Waals surface area contributed by atoms with Crippen LogP contribution in [0.4, 0.5) is 10.8 Å². The fourth-order valence-corrected chi connectivity index (χ4v) is 5.38. The van der Waals surface area contributed by atoms with Gasteiger partial charge in [-0.05, 0) is 67.1 Å². The van der Waals surface area contributed by atoms with Gasteiger partial charge in [-0.15, -0.1) is 10.2 Å². The molecule has 4 aromatic rings. The zero-order valence-electron chi connectivity index (χ0n) is 18.1. The van der Waals surface area contributed by atoms with E-state index in [-0.39, 0.29) is 20.6 Å². The number of benzene rings is 3. The van der Waals surface area contributed by atoms with Crippen LogP contribution in [-0.4, -0.2) is 31.6 Å². The number of hydrogen-bond acceptors (Lipinski definition) is 7. The normalized spacial score (nSPS) is 11.1. The molecule has 0 aliphatic heterocycles. The van der Waals surface area contributed by atoms with Gasteiger partial charge in [0.25, 0.3) is 15.9 Å². The highest BCUT2D eigenvalue weighted by atomic mass is 35.5. The van der Waals surface area contributed by atoms with E-state index in [4.69, 9.17) is 16.3 Å². The minimum atomic E-state index is -4.02. The van der Waals surface area contributed by atoms with Crippen LogP contribution in [0.2, 0.25) is 5.02 Å². The quantitative estimate of drug-likeness (QED) is 0.349. The van der Waals surface area contributed by atoms with Crippen molar-refractivity contribution in [1.82, 2.24) is 10.2 Å². The number of methoxy groups -OCH3 is 1. The van der Waals surface area contributed by atoms with Gasteiger partial charge < -0.3 is 4.74 Å². The summed E-state index contributed by atoms with van der Waals surface area (Å²) in [5, 5.41) is 11.6. The number of carbonyl (C=O) groups excluding carboxylic acids is 1. The molecule has 2 N–H and O–H groups in total. The number of ether oxygens (including phenoxy) is 1. The summed E-state index contributed by atoms with van der Waals surface area (Å²) in [4.78, 5) is 12.6. The first-order chi connectivity index (χ1) is 16.2. The number of aromatic nitrogens is 2. The zero-order chi connectivity index (χ0) is 24.3. The van der Waals surface area contributed by atoms with Crippen molar-refractivity contribution in [2.45, 2.75) is 11.8 Å². The lowest BCUT2D eigenvalue weighted by Crippen LogP contribution is -2.16. The van der Waals surface area contributed by atoms with Gasteiger partial charge in [0.15, 0.2) is 0 Å². The molecule has 8 nitrogen and oxygen atoms in total. The van der Waals surface area contributed by atoms with Crippen molar-refractivity contribution < 1.29 is 17.9 Å². The summed E-state index contributed by atoms with van der Waals surface area (Å²) in [7, 11) is -2.44. The SMILES string of the molecule is COc1ccc(-c2nnc(NC(=O)c3ccc(Cl)c(S(=O)(=O)Nc4cccc(C)c4)c3)s2)cc1. The van der Waals surface area contributed by atoms with Crippen LogP contribution in [0.15, 0.2) is 71.6 Å². The monoisotopic (exact) mass is 514 g/mol. The molecule has 0 saturated heterocycles. The van der Waals surface area contributed by atoms with E-state index in [0.29, 0.717) is 16.4 Å². The van der Waals surface area contributed by atoms with Crippen molar-refractivity contribution in [1.29, 1.82) is 0 Å². The maximum atomic E-state index is 12.9. The van der Waals surface area contributed by atoms with Gasteiger partial charge >= 0.3 is 0 Å². The maximum Gasteiger partial charge on any atom is 0.263 e. The van der Waals surface area contributed by atoms with E-state index >= 15 is 0 Å². The Labute approximate surface area is 205 Å². The molecule has 34 heavy (non-hydrogen) atoms. The predicted octanol–water partition coefficient (Wildman–Crippen LogP) is 5.23. The van der Waals surface area contributed by atoms with Crippen LogP contribution < -0.4 is 14.8 Å². The molecule has 0 radical (unpaired) electrons. The number of halogens is 1. The number of nitrogens with zero attached hydrogens (tertiary/aromatic N) is 2. The van der Waals surface area contributed by atoms with Crippen molar-refractivity contribution in [2.24, 2.45) is 0 Å².